The van der Waals surface area contributed by atoms with Crippen molar-refractivity contribution in [2.24, 2.45) is 5.92 Å². The number of ether oxygens (including phenoxy) is 1. The van der Waals surface area contributed by atoms with Crippen LogP contribution in [0.25, 0.3) is 0 Å². The lowest BCUT2D eigenvalue weighted by molar-refractivity contribution is -0.274. The zero-order chi connectivity index (χ0) is 20.1. The van der Waals surface area contributed by atoms with Crippen LogP contribution in [-0.2, 0) is 17.9 Å². The van der Waals surface area contributed by atoms with E-state index in [1.165, 1.54) is 17.7 Å². The van der Waals surface area contributed by atoms with E-state index >= 15 is 0 Å². The van der Waals surface area contributed by atoms with Gasteiger partial charge in [-0.3, -0.25) is 9.69 Å². The molecule has 28 heavy (non-hydrogen) atoms. The minimum absolute atomic E-state index is 0.00730. The molecule has 2 heterocycles. The smallest absolute Gasteiger partial charge is 0.405 e. The first-order chi connectivity index (χ1) is 13.3. The summed E-state index contributed by atoms with van der Waals surface area (Å²) in [6.45, 7) is 2.53. The third kappa shape index (κ3) is 6.22. The predicted molar refractivity (Wildman–Crippen MR) is 105 cm³/mol. The van der Waals surface area contributed by atoms with Gasteiger partial charge in [0, 0.05) is 29.0 Å². The van der Waals surface area contributed by atoms with Crippen molar-refractivity contribution < 1.29 is 22.7 Å². The highest BCUT2D eigenvalue weighted by molar-refractivity contribution is 9.10. The Morgan fingerprint density at radius 3 is 2.68 bits per heavy atom. The monoisotopic (exact) mass is 476 g/mol. The molecule has 1 aromatic heterocycles. The number of nitrogens with one attached hydrogen (secondary N) is 1. The van der Waals surface area contributed by atoms with E-state index in [-0.39, 0.29) is 29.7 Å². The highest BCUT2D eigenvalue weighted by atomic mass is 79.9. The second-order valence-electron chi connectivity index (χ2n) is 6.70. The van der Waals surface area contributed by atoms with Crippen molar-refractivity contribution in [1.29, 1.82) is 0 Å². The molecule has 0 atom stereocenters. The first kappa shape index (κ1) is 21.1. The maximum absolute atomic E-state index is 12.6. The fourth-order valence-electron chi connectivity index (χ4n) is 3.21. The molecule has 1 saturated heterocycles. The molecule has 1 amide bonds. The number of benzene rings is 1. The molecule has 0 spiro atoms. The zero-order valence-corrected chi connectivity index (χ0v) is 17.4. The Morgan fingerprint density at radius 1 is 1.29 bits per heavy atom. The average molecular weight is 477 g/mol. The highest BCUT2D eigenvalue weighted by Crippen LogP contribution is 2.29. The van der Waals surface area contributed by atoms with Gasteiger partial charge in [-0.05, 0) is 60.5 Å². The van der Waals surface area contributed by atoms with E-state index < -0.39 is 6.36 Å². The Hall–Kier alpha value is -1.58. The van der Waals surface area contributed by atoms with Crippen LogP contribution in [0.5, 0.6) is 5.75 Å². The van der Waals surface area contributed by atoms with Crippen LogP contribution in [0, 0.1) is 5.92 Å². The molecular formula is C19H20BrF3N2O2S. The van der Waals surface area contributed by atoms with Crippen LogP contribution in [0.15, 0.2) is 39.5 Å². The molecule has 9 heteroatoms. The number of hydrogen-bond acceptors (Lipinski definition) is 4. The predicted octanol–water partition coefficient (Wildman–Crippen LogP) is 4.94. The van der Waals surface area contributed by atoms with Gasteiger partial charge in [-0.25, -0.2) is 0 Å². The summed E-state index contributed by atoms with van der Waals surface area (Å²) in [4.78, 5) is 14.8. The van der Waals surface area contributed by atoms with E-state index in [9.17, 15) is 18.0 Å². The van der Waals surface area contributed by atoms with Gasteiger partial charge in [-0.15, -0.1) is 13.2 Å². The Labute approximate surface area is 173 Å². The maximum Gasteiger partial charge on any atom is 0.573 e. The van der Waals surface area contributed by atoms with Crippen LogP contribution in [0.4, 0.5) is 13.2 Å². The van der Waals surface area contributed by atoms with Crippen molar-refractivity contribution in [2.45, 2.75) is 32.3 Å². The minimum Gasteiger partial charge on any atom is -0.405 e. The molecule has 2 aromatic rings. The molecule has 1 N–H and O–H groups in total. The van der Waals surface area contributed by atoms with E-state index in [1.807, 2.05) is 0 Å². The fourth-order valence-corrected chi connectivity index (χ4v) is 4.21. The zero-order valence-electron chi connectivity index (χ0n) is 15.0. The number of nitrogens with zero attached hydrogens (tertiary/aromatic N) is 1. The second-order valence-corrected chi connectivity index (χ2v) is 8.40. The lowest BCUT2D eigenvalue weighted by Crippen LogP contribution is -2.40. The van der Waals surface area contributed by atoms with E-state index in [0.29, 0.717) is 4.47 Å². The number of hydrogen-bond donors (Lipinski definition) is 1. The fraction of sp³-hybridized carbons (Fsp3) is 0.421. The largest absolute Gasteiger partial charge is 0.573 e. The number of rotatable bonds is 6. The molecule has 1 aliphatic rings. The molecule has 0 unspecified atom stereocenters. The molecule has 1 aromatic carbocycles. The number of carbonyl (C=O) groups excluding carboxylic acids is 1. The number of piperidine rings is 1. The van der Waals surface area contributed by atoms with E-state index in [4.69, 9.17) is 0 Å². The second kappa shape index (κ2) is 9.28. The van der Waals surface area contributed by atoms with Crippen LogP contribution in [0.3, 0.4) is 0 Å². The standard InChI is InChI=1S/C19H20BrF3N2O2S/c20-16-2-1-15(17(9-16)27-19(21,22)23)10-24-18(26)14-3-6-25(7-4-14)11-13-5-8-28-12-13/h1-2,5,8-9,12,14H,3-4,6-7,10-11H2,(H,24,26). The number of carbonyl (C=O) groups is 1. The summed E-state index contributed by atoms with van der Waals surface area (Å²) in [5, 5.41) is 6.93. The van der Waals surface area contributed by atoms with Gasteiger partial charge in [-0.2, -0.15) is 11.3 Å². The molecule has 1 fully saturated rings. The number of thiophene rings is 1. The Kier molecular flexibility index (Phi) is 7.00. The van der Waals surface area contributed by atoms with Gasteiger partial charge in [0.15, 0.2) is 0 Å². The SMILES string of the molecule is O=C(NCc1ccc(Br)cc1OC(F)(F)F)C1CCN(Cc2ccsc2)CC1. The van der Waals surface area contributed by atoms with E-state index in [0.717, 1.165) is 32.5 Å². The van der Waals surface area contributed by atoms with Crippen LogP contribution < -0.4 is 10.1 Å². The van der Waals surface area contributed by atoms with Gasteiger partial charge in [0.25, 0.3) is 0 Å². The third-order valence-corrected chi connectivity index (χ3v) is 5.88. The molecule has 0 aliphatic carbocycles. The molecule has 0 bridgehead atoms. The van der Waals surface area contributed by atoms with E-state index in [2.05, 4.69) is 47.7 Å². The van der Waals surface area contributed by atoms with Crippen molar-refractivity contribution in [1.82, 2.24) is 10.2 Å². The molecule has 0 radical (unpaired) electrons. The average Bonchev–Trinajstić information content (AvgIpc) is 3.13. The lowest BCUT2D eigenvalue weighted by atomic mass is 9.95. The summed E-state index contributed by atoms with van der Waals surface area (Å²) in [5.41, 5.74) is 1.56. The lowest BCUT2D eigenvalue weighted by Gasteiger charge is -2.31. The van der Waals surface area contributed by atoms with Crippen molar-refractivity contribution >= 4 is 33.2 Å². The first-order valence-electron chi connectivity index (χ1n) is 8.85. The summed E-state index contributed by atoms with van der Waals surface area (Å²) in [5.74, 6) is -0.565. The third-order valence-electron chi connectivity index (χ3n) is 4.65. The summed E-state index contributed by atoms with van der Waals surface area (Å²) in [7, 11) is 0. The molecule has 3 rings (SSSR count). The van der Waals surface area contributed by atoms with Crippen LogP contribution in [0.1, 0.15) is 24.0 Å². The first-order valence-corrected chi connectivity index (χ1v) is 10.6. The van der Waals surface area contributed by atoms with Crippen LogP contribution in [-0.4, -0.2) is 30.3 Å². The Balaban J connectivity index is 1.51. The number of halogens is 4. The number of likely N-dealkylation sites (tertiary alicyclic amines) is 1. The van der Waals surface area contributed by atoms with Crippen molar-refractivity contribution in [3.63, 3.8) is 0 Å². The van der Waals surface area contributed by atoms with Gasteiger partial charge in [0.1, 0.15) is 5.75 Å². The van der Waals surface area contributed by atoms with Crippen LogP contribution >= 0.6 is 27.3 Å². The molecular weight excluding hydrogens is 457 g/mol. The molecule has 4 nitrogen and oxygen atoms in total. The molecule has 1 aliphatic heterocycles. The summed E-state index contributed by atoms with van der Waals surface area (Å²) < 4.78 is 42.3. The van der Waals surface area contributed by atoms with Gasteiger partial charge in [0.2, 0.25) is 5.91 Å². The Morgan fingerprint density at radius 2 is 2.04 bits per heavy atom. The summed E-state index contributed by atoms with van der Waals surface area (Å²) in [6.07, 6.45) is -3.31. The molecule has 152 valence electrons. The summed E-state index contributed by atoms with van der Waals surface area (Å²) >= 11 is 4.80. The van der Waals surface area contributed by atoms with Gasteiger partial charge < -0.3 is 10.1 Å². The summed E-state index contributed by atoms with van der Waals surface area (Å²) in [6, 6.07) is 6.47. The normalized spacial score (nSPS) is 16.1. The molecule has 0 saturated carbocycles. The van der Waals surface area contributed by atoms with Gasteiger partial charge in [-0.1, -0.05) is 22.0 Å². The number of alkyl halides is 3. The topological polar surface area (TPSA) is 41.6 Å². The number of amides is 1. The van der Waals surface area contributed by atoms with Gasteiger partial charge in [0.05, 0.1) is 0 Å². The van der Waals surface area contributed by atoms with Crippen molar-refractivity contribution in [3.05, 3.63) is 50.6 Å². The van der Waals surface area contributed by atoms with E-state index in [1.54, 1.807) is 17.4 Å². The van der Waals surface area contributed by atoms with Gasteiger partial charge >= 0.3 is 6.36 Å². The maximum atomic E-state index is 12.6. The highest BCUT2D eigenvalue weighted by Gasteiger charge is 2.32. The Bertz CT molecular complexity index is 791. The van der Waals surface area contributed by atoms with Crippen molar-refractivity contribution in [2.75, 3.05) is 13.1 Å². The quantitative estimate of drug-likeness (QED) is 0.641. The van der Waals surface area contributed by atoms with Crippen LogP contribution in [0.2, 0.25) is 0 Å². The van der Waals surface area contributed by atoms with Crippen molar-refractivity contribution in [3.8, 4) is 5.75 Å². The minimum atomic E-state index is -4.78.